The Morgan fingerprint density at radius 2 is 1.76 bits per heavy atom. The van der Waals surface area contributed by atoms with E-state index in [1.165, 1.54) is 5.56 Å². The Hall–Kier alpha value is -2.74. The van der Waals surface area contributed by atoms with Crippen molar-refractivity contribution in [3.8, 4) is 5.69 Å². The number of rotatable bonds is 5. The molecule has 0 saturated carbocycles. The van der Waals surface area contributed by atoms with Gasteiger partial charge in [-0.2, -0.15) is 9.90 Å². The van der Waals surface area contributed by atoms with Crippen LogP contribution in [0.2, 0.25) is 0 Å². The lowest BCUT2D eigenvalue weighted by atomic mass is 10.1. The first-order valence-electron chi connectivity index (χ1n) is 10.1. The number of amides is 2. The smallest absolute Gasteiger partial charge is 0.276 e. The van der Waals surface area contributed by atoms with Crippen LogP contribution in [0.4, 0.5) is 0 Å². The van der Waals surface area contributed by atoms with Crippen LogP contribution in [0.5, 0.6) is 0 Å². The van der Waals surface area contributed by atoms with Crippen LogP contribution < -0.4 is 5.32 Å². The number of hydrogen-bond acceptors (Lipinski definition) is 5. The summed E-state index contributed by atoms with van der Waals surface area (Å²) < 4.78 is 0. The van der Waals surface area contributed by atoms with E-state index in [1.807, 2.05) is 46.8 Å². The van der Waals surface area contributed by atoms with Crippen molar-refractivity contribution in [2.24, 2.45) is 0 Å². The number of carbonyl (C=O) groups is 2. The molecular formula is C21H30N6O2. The van der Waals surface area contributed by atoms with Crippen LogP contribution in [0.15, 0.2) is 18.2 Å². The molecule has 0 radical (unpaired) electrons. The maximum absolute atomic E-state index is 13.0. The van der Waals surface area contributed by atoms with Gasteiger partial charge in [-0.1, -0.05) is 17.7 Å². The van der Waals surface area contributed by atoms with Gasteiger partial charge >= 0.3 is 0 Å². The van der Waals surface area contributed by atoms with Gasteiger partial charge in [0.15, 0.2) is 5.69 Å². The minimum Gasteiger partial charge on any atom is -0.353 e. The van der Waals surface area contributed by atoms with Crippen molar-refractivity contribution in [3.63, 3.8) is 0 Å². The van der Waals surface area contributed by atoms with E-state index in [0.717, 1.165) is 11.3 Å². The number of nitrogens with one attached hydrogen (secondary N) is 1. The molecule has 0 spiro atoms. The summed E-state index contributed by atoms with van der Waals surface area (Å²) in [5.41, 5.74) is 4.11. The molecule has 0 unspecified atom stereocenters. The molecule has 0 bridgehead atoms. The van der Waals surface area contributed by atoms with Gasteiger partial charge < -0.3 is 10.2 Å². The van der Waals surface area contributed by atoms with Crippen molar-refractivity contribution in [2.75, 3.05) is 32.7 Å². The van der Waals surface area contributed by atoms with E-state index < -0.39 is 0 Å². The van der Waals surface area contributed by atoms with E-state index in [-0.39, 0.29) is 17.9 Å². The summed E-state index contributed by atoms with van der Waals surface area (Å²) in [7, 11) is 0. The highest BCUT2D eigenvalue weighted by Gasteiger charge is 2.27. The minimum atomic E-state index is -0.107. The molecule has 1 aromatic heterocycles. The largest absolute Gasteiger partial charge is 0.353 e. The molecule has 1 N–H and O–H groups in total. The highest BCUT2D eigenvalue weighted by molar-refractivity contribution is 5.93. The molecule has 2 amide bonds. The minimum absolute atomic E-state index is 0.0204. The number of aromatic nitrogens is 3. The van der Waals surface area contributed by atoms with Gasteiger partial charge in [-0.15, -0.1) is 5.10 Å². The SMILES string of the molecule is Cc1ccc(-n2nc(C)c(C(=O)N3CCN(CC(=O)NC(C)C)CC3)n2)c(C)c1. The Morgan fingerprint density at radius 1 is 1.07 bits per heavy atom. The van der Waals surface area contributed by atoms with Crippen molar-refractivity contribution in [2.45, 2.75) is 40.7 Å². The quantitative estimate of drug-likeness (QED) is 0.825. The Morgan fingerprint density at radius 3 is 2.38 bits per heavy atom. The van der Waals surface area contributed by atoms with Gasteiger partial charge in [0, 0.05) is 32.2 Å². The topological polar surface area (TPSA) is 83.4 Å². The van der Waals surface area contributed by atoms with E-state index in [9.17, 15) is 9.59 Å². The van der Waals surface area contributed by atoms with Crippen LogP contribution in [-0.2, 0) is 4.79 Å². The molecule has 8 heteroatoms. The molecule has 8 nitrogen and oxygen atoms in total. The zero-order valence-electron chi connectivity index (χ0n) is 17.9. The van der Waals surface area contributed by atoms with Gasteiger partial charge in [0.2, 0.25) is 5.91 Å². The fraction of sp³-hybridized carbons (Fsp3) is 0.524. The lowest BCUT2D eigenvalue weighted by Crippen LogP contribution is -2.51. The average molecular weight is 399 g/mol. The molecule has 1 fully saturated rings. The summed E-state index contributed by atoms with van der Waals surface area (Å²) in [6, 6.07) is 6.19. The third kappa shape index (κ3) is 5.00. The van der Waals surface area contributed by atoms with Gasteiger partial charge in [-0.05, 0) is 46.2 Å². The number of benzene rings is 1. The van der Waals surface area contributed by atoms with Crippen molar-refractivity contribution >= 4 is 11.8 Å². The molecule has 3 rings (SSSR count). The monoisotopic (exact) mass is 398 g/mol. The third-order valence-corrected chi connectivity index (χ3v) is 5.03. The first-order chi connectivity index (χ1) is 13.7. The maximum atomic E-state index is 13.0. The van der Waals surface area contributed by atoms with Gasteiger partial charge in [0.25, 0.3) is 5.91 Å². The molecular weight excluding hydrogens is 368 g/mol. The molecule has 1 aliphatic heterocycles. The highest BCUT2D eigenvalue weighted by Crippen LogP contribution is 2.16. The molecule has 1 aromatic carbocycles. The highest BCUT2D eigenvalue weighted by atomic mass is 16.2. The summed E-state index contributed by atoms with van der Waals surface area (Å²) in [6.45, 7) is 12.6. The summed E-state index contributed by atoms with van der Waals surface area (Å²) in [6.07, 6.45) is 0. The van der Waals surface area contributed by atoms with E-state index in [2.05, 4.69) is 26.5 Å². The van der Waals surface area contributed by atoms with Gasteiger partial charge in [-0.3, -0.25) is 14.5 Å². The molecule has 2 aromatic rings. The Kier molecular flexibility index (Phi) is 6.32. The van der Waals surface area contributed by atoms with Crippen LogP contribution in [0.3, 0.4) is 0 Å². The lowest BCUT2D eigenvalue weighted by molar-refractivity contribution is -0.123. The zero-order valence-corrected chi connectivity index (χ0v) is 17.9. The average Bonchev–Trinajstić information content (AvgIpc) is 3.02. The molecule has 0 aliphatic carbocycles. The Balaban J connectivity index is 1.64. The standard InChI is InChI=1S/C21H30N6O2/c1-14(2)22-19(28)13-25-8-10-26(11-9-25)21(29)20-17(5)23-27(24-20)18-7-6-15(3)12-16(18)4/h6-7,12,14H,8-11,13H2,1-5H3,(H,22,28). The fourth-order valence-corrected chi connectivity index (χ4v) is 3.54. The molecule has 0 atom stereocenters. The number of carbonyl (C=O) groups excluding carboxylic acids is 2. The van der Waals surface area contributed by atoms with Crippen LogP contribution in [-0.4, -0.2) is 75.4 Å². The zero-order chi connectivity index (χ0) is 21.1. The Labute approximate surface area is 171 Å². The number of aryl methyl sites for hydroxylation is 3. The number of piperazine rings is 1. The van der Waals surface area contributed by atoms with Crippen LogP contribution in [0.25, 0.3) is 5.69 Å². The summed E-state index contributed by atoms with van der Waals surface area (Å²) in [5, 5.41) is 11.8. The molecule has 156 valence electrons. The second-order valence-electron chi connectivity index (χ2n) is 8.00. The number of hydrogen-bond donors (Lipinski definition) is 1. The third-order valence-electron chi connectivity index (χ3n) is 5.03. The normalized spacial score (nSPS) is 15.0. The van der Waals surface area contributed by atoms with Crippen LogP contribution in [0, 0.1) is 20.8 Å². The van der Waals surface area contributed by atoms with Crippen molar-refractivity contribution in [3.05, 3.63) is 40.7 Å². The van der Waals surface area contributed by atoms with E-state index >= 15 is 0 Å². The van der Waals surface area contributed by atoms with E-state index in [0.29, 0.717) is 44.1 Å². The van der Waals surface area contributed by atoms with Crippen molar-refractivity contribution in [1.29, 1.82) is 0 Å². The predicted molar refractivity (Wildman–Crippen MR) is 111 cm³/mol. The second kappa shape index (κ2) is 8.73. The Bertz CT molecular complexity index is 897. The van der Waals surface area contributed by atoms with E-state index in [1.54, 1.807) is 9.70 Å². The van der Waals surface area contributed by atoms with Gasteiger partial charge in [0.05, 0.1) is 17.9 Å². The molecule has 2 heterocycles. The summed E-state index contributed by atoms with van der Waals surface area (Å²) in [4.78, 5) is 30.3. The van der Waals surface area contributed by atoms with Crippen LogP contribution >= 0.6 is 0 Å². The maximum Gasteiger partial charge on any atom is 0.276 e. The second-order valence-corrected chi connectivity index (χ2v) is 8.00. The molecule has 1 saturated heterocycles. The van der Waals surface area contributed by atoms with Gasteiger partial charge in [-0.25, -0.2) is 0 Å². The lowest BCUT2D eigenvalue weighted by Gasteiger charge is -2.34. The fourth-order valence-electron chi connectivity index (χ4n) is 3.54. The summed E-state index contributed by atoms with van der Waals surface area (Å²) in [5.74, 6) is -0.0863. The van der Waals surface area contributed by atoms with Gasteiger partial charge in [0.1, 0.15) is 0 Å². The van der Waals surface area contributed by atoms with Crippen molar-refractivity contribution in [1.82, 2.24) is 30.1 Å². The predicted octanol–water partition coefficient (Wildman–Crippen LogP) is 1.47. The first kappa shape index (κ1) is 21.0. The summed E-state index contributed by atoms with van der Waals surface area (Å²) >= 11 is 0. The van der Waals surface area contributed by atoms with E-state index in [4.69, 9.17) is 0 Å². The first-order valence-corrected chi connectivity index (χ1v) is 10.1. The van der Waals surface area contributed by atoms with Crippen molar-refractivity contribution < 1.29 is 9.59 Å². The molecule has 1 aliphatic rings. The number of nitrogens with zero attached hydrogens (tertiary/aromatic N) is 5. The van der Waals surface area contributed by atoms with Crippen LogP contribution in [0.1, 0.15) is 41.2 Å². The molecule has 29 heavy (non-hydrogen) atoms.